The number of nitrogens with one attached hydrogen (secondary N) is 2. The summed E-state index contributed by atoms with van der Waals surface area (Å²) in [4.78, 5) is 41.4. The van der Waals surface area contributed by atoms with Crippen molar-refractivity contribution in [2.45, 2.75) is 58.7 Å². The van der Waals surface area contributed by atoms with E-state index >= 15 is 0 Å². The quantitative estimate of drug-likeness (QED) is 0.801. The summed E-state index contributed by atoms with van der Waals surface area (Å²) in [6.07, 6.45) is 0.700. The second-order valence-electron chi connectivity index (χ2n) is 8.48. The number of benzene rings is 1. The lowest BCUT2D eigenvalue weighted by Gasteiger charge is -2.31. The van der Waals surface area contributed by atoms with Crippen LogP contribution in [0.4, 0.5) is 5.69 Å². The van der Waals surface area contributed by atoms with Crippen LogP contribution < -0.4 is 10.6 Å². The first-order valence-electron chi connectivity index (χ1n) is 9.81. The Morgan fingerprint density at radius 3 is 2.48 bits per heavy atom. The predicted molar refractivity (Wildman–Crippen MR) is 102 cm³/mol. The molecule has 144 valence electrons. The molecule has 2 saturated heterocycles. The molecule has 0 saturated carbocycles. The molecule has 1 aromatic rings. The van der Waals surface area contributed by atoms with Gasteiger partial charge in [-0.15, -0.1) is 0 Å². The minimum absolute atomic E-state index is 0.118. The van der Waals surface area contributed by atoms with Gasteiger partial charge in [0.2, 0.25) is 17.7 Å². The summed E-state index contributed by atoms with van der Waals surface area (Å²) in [6.45, 7) is 9.86. The van der Waals surface area contributed by atoms with E-state index in [1.54, 1.807) is 0 Å². The number of amides is 3. The highest BCUT2D eigenvalue weighted by molar-refractivity contribution is 6.15. The zero-order chi connectivity index (χ0) is 19.7. The molecule has 5 atom stereocenters. The van der Waals surface area contributed by atoms with Crippen molar-refractivity contribution in [3.63, 3.8) is 0 Å². The zero-order valence-corrected chi connectivity index (χ0v) is 16.5. The number of para-hydroxylation sites is 1. The molecule has 0 bridgehead atoms. The maximum absolute atomic E-state index is 13.5. The molecule has 2 N–H and O–H groups in total. The van der Waals surface area contributed by atoms with Gasteiger partial charge in [0.1, 0.15) is 5.54 Å². The van der Waals surface area contributed by atoms with E-state index < -0.39 is 17.4 Å². The highest BCUT2D eigenvalue weighted by Crippen LogP contribution is 2.54. The van der Waals surface area contributed by atoms with E-state index in [4.69, 9.17) is 0 Å². The first-order valence-corrected chi connectivity index (χ1v) is 9.81. The van der Waals surface area contributed by atoms with Crippen molar-refractivity contribution in [2.24, 2.45) is 17.8 Å². The lowest BCUT2D eigenvalue weighted by molar-refractivity contribution is -0.145. The van der Waals surface area contributed by atoms with Crippen LogP contribution in [0.3, 0.4) is 0 Å². The van der Waals surface area contributed by atoms with Gasteiger partial charge in [-0.3, -0.25) is 24.6 Å². The summed E-state index contributed by atoms with van der Waals surface area (Å²) >= 11 is 0. The number of hydrogen-bond donors (Lipinski definition) is 2. The van der Waals surface area contributed by atoms with Gasteiger partial charge < -0.3 is 5.32 Å². The molecule has 0 aliphatic carbocycles. The molecule has 3 amide bonds. The molecule has 3 aliphatic rings. The Balaban J connectivity index is 1.92. The molecule has 6 heteroatoms. The molecule has 0 aromatic heterocycles. The standard InChI is InChI=1S/C21H27N3O3/c1-6-12(5)24-18(25)14-15(19(24)26)21(23-16(14)10(2)3)13-9-7-8-11(4)17(13)22-20(21)27/h7-10,12,14-16,23H,6H2,1-5H3,(H,22,27)/t12-,14+,15+,16-,21-/m1/s1. The van der Waals surface area contributed by atoms with Gasteiger partial charge in [-0.05, 0) is 31.7 Å². The number of fused-ring (bicyclic) bond motifs is 4. The summed E-state index contributed by atoms with van der Waals surface area (Å²) in [5, 5.41) is 6.44. The fourth-order valence-corrected chi connectivity index (χ4v) is 5.12. The fraction of sp³-hybridized carbons (Fsp3) is 0.571. The number of imide groups is 1. The van der Waals surface area contributed by atoms with E-state index in [1.807, 2.05) is 52.8 Å². The Bertz CT molecular complexity index is 849. The van der Waals surface area contributed by atoms with Crippen molar-refractivity contribution in [3.05, 3.63) is 29.3 Å². The van der Waals surface area contributed by atoms with Crippen LogP contribution in [0, 0.1) is 24.7 Å². The first kappa shape index (κ1) is 18.2. The molecule has 27 heavy (non-hydrogen) atoms. The third kappa shape index (κ3) is 2.13. The normalized spacial score (nSPS) is 33.0. The van der Waals surface area contributed by atoms with Crippen LogP contribution in [-0.2, 0) is 19.9 Å². The molecule has 3 heterocycles. The third-order valence-electron chi connectivity index (χ3n) is 6.68. The van der Waals surface area contributed by atoms with E-state index in [1.165, 1.54) is 4.90 Å². The number of rotatable bonds is 3. The molecule has 1 aromatic carbocycles. The lowest BCUT2D eigenvalue weighted by atomic mass is 9.75. The van der Waals surface area contributed by atoms with Crippen molar-refractivity contribution in [3.8, 4) is 0 Å². The summed E-state index contributed by atoms with van der Waals surface area (Å²) in [5.74, 6) is -1.68. The lowest BCUT2D eigenvalue weighted by Crippen LogP contribution is -2.54. The van der Waals surface area contributed by atoms with Crippen LogP contribution in [0.2, 0.25) is 0 Å². The van der Waals surface area contributed by atoms with Gasteiger partial charge >= 0.3 is 0 Å². The average molecular weight is 369 g/mol. The van der Waals surface area contributed by atoms with Gasteiger partial charge in [-0.1, -0.05) is 39.0 Å². The Morgan fingerprint density at radius 1 is 1.15 bits per heavy atom. The summed E-state index contributed by atoms with van der Waals surface area (Å²) in [7, 11) is 0. The van der Waals surface area contributed by atoms with Gasteiger partial charge in [-0.25, -0.2) is 0 Å². The maximum Gasteiger partial charge on any atom is 0.250 e. The number of carbonyl (C=O) groups is 3. The smallest absolute Gasteiger partial charge is 0.250 e. The van der Waals surface area contributed by atoms with Gasteiger partial charge in [0.05, 0.1) is 11.8 Å². The predicted octanol–water partition coefficient (Wildman–Crippen LogP) is 2.17. The van der Waals surface area contributed by atoms with Crippen molar-refractivity contribution in [2.75, 3.05) is 5.32 Å². The monoisotopic (exact) mass is 369 g/mol. The molecule has 6 nitrogen and oxygen atoms in total. The first-order chi connectivity index (χ1) is 12.8. The minimum Gasteiger partial charge on any atom is -0.324 e. The van der Waals surface area contributed by atoms with Crippen LogP contribution in [-0.4, -0.2) is 34.7 Å². The number of aryl methyl sites for hydroxylation is 1. The number of nitrogens with zero attached hydrogens (tertiary/aromatic N) is 1. The van der Waals surface area contributed by atoms with Crippen molar-refractivity contribution < 1.29 is 14.4 Å². The topological polar surface area (TPSA) is 78.5 Å². The largest absolute Gasteiger partial charge is 0.324 e. The van der Waals surface area contributed by atoms with Gasteiger partial charge in [0.25, 0.3) is 0 Å². The van der Waals surface area contributed by atoms with Crippen LogP contribution in [0.5, 0.6) is 0 Å². The van der Waals surface area contributed by atoms with E-state index in [-0.39, 0.29) is 35.7 Å². The van der Waals surface area contributed by atoms with Crippen molar-refractivity contribution >= 4 is 23.4 Å². The van der Waals surface area contributed by atoms with E-state index in [0.29, 0.717) is 6.42 Å². The Kier molecular flexibility index (Phi) is 3.97. The van der Waals surface area contributed by atoms with E-state index in [2.05, 4.69) is 10.6 Å². The molecular formula is C21H27N3O3. The summed E-state index contributed by atoms with van der Waals surface area (Å²) < 4.78 is 0. The SMILES string of the molecule is CC[C@@H](C)N1C(=O)[C@@H]2[C@@H](C(C)C)N[C@@]3(C(=O)Nc4c(C)cccc43)[C@@H]2C1=O. The van der Waals surface area contributed by atoms with Gasteiger partial charge in [0, 0.05) is 23.3 Å². The molecule has 4 rings (SSSR count). The van der Waals surface area contributed by atoms with Gasteiger partial charge in [0.15, 0.2) is 0 Å². The molecular weight excluding hydrogens is 342 g/mol. The van der Waals surface area contributed by atoms with Crippen molar-refractivity contribution in [1.82, 2.24) is 10.2 Å². The molecule has 1 spiro atoms. The molecule has 2 fully saturated rings. The molecule has 0 unspecified atom stereocenters. The number of likely N-dealkylation sites (tertiary alicyclic amines) is 1. The Morgan fingerprint density at radius 2 is 1.85 bits per heavy atom. The number of hydrogen-bond acceptors (Lipinski definition) is 4. The average Bonchev–Trinajstić information content (AvgIpc) is 3.21. The Hall–Kier alpha value is -2.21. The van der Waals surface area contributed by atoms with Crippen LogP contribution in [0.25, 0.3) is 0 Å². The summed E-state index contributed by atoms with van der Waals surface area (Å²) in [6, 6.07) is 5.36. The maximum atomic E-state index is 13.5. The number of carbonyl (C=O) groups excluding carboxylic acids is 3. The van der Waals surface area contributed by atoms with Crippen LogP contribution >= 0.6 is 0 Å². The van der Waals surface area contributed by atoms with E-state index in [0.717, 1.165) is 16.8 Å². The fourth-order valence-electron chi connectivity index (χ4n) is 5.12. The highest BCUT2D eigenvalue weighted by atomic mass is 16.2. The van der Waals surface area contributed by atoms with Crippen LogP contribution in [0.15, 0.2) is 18.2 Å². The van der Waals surface area contributed by atoms with E-state index in [9.17, 15) is 14.4 Å². The second-order valence-corrected chi connectivity index (χ2v) is 8.48. The third-order valence-corrected chi connectivity index (χ3v) is 6.68. The summed E-state index contributed by atoms with van der Waals surface area (Å²) in [5.41, 5.74) is 1.34. The number of anilines is 1. The van der Waals surface area contributed by atoms with Gasteiger partial charge in [-0.2, -0.15) is 0 Å². The van der Waals surface area contributed by atoms with Crippen LogP contribution in [0.1, 0.15) is 45.2 Å². The Labute approximate surface area is 159 Å². The highest BCUT2D eigenvalue weighted by Gasteiger charge is 2.71. The molecule has 0 radical (unpaired) electrons. The minimum atomic E-state index is -1.17. The molecule has 3 aliphatic heterocycles. The zero-order valence-electron chi connectivity index (χ0n) is 16.5. The second kappa shape index (κ2) is 5.89. The van der Waals surface area contributed by atoms with Crippen molar-refractivity contribution in [1.29, 1.82) is 0 Å².